The highest BCUT2D eigenvalue weighted by Gasteiger charge is 2.40. The smallest absolute Gasteiger partial charge is 0.245 e. The van der Waals surface area contributed by atoms with Gasteiger partial charge in [-0.25, -0.2) is 0 Å². The lowest BCUT2D eigenvalue weighted by atomic mass is 9.89. The quantitative estimate of drug-likeness (QED) is 0.0382. The Kier molecular flexibility index (Phi) is 25.5. The van der Waals surface area contributed by atoms with Crippen LogP contribution in [0.2, 0.25) is 0 Å². The summed E-state index contributed by atoms with van der Waals surface area (Å²) < 4.78 is 12.2. The largest absolute Gasteiger partial charge is 0.386 e. The van der Waals surface area contributed by atoms with Crippen LogP contribution in [0.25, 0.3) is 0 Å². The second kappa shape index (κ2) is 26.6. The molecule has 0 aromatic carbocycles. The van der Waals surface area contributed by atoms with Gasteiger partial charge in [0.2, 0.25) is 11.8 Å². The fraction of sp³-hybridized carbons (Fsp3) is 0.762. The van der Waals surface area contributed by atoms with Gasteiger partial charge in [-0.2, -0.15) is 12.6 Å². The van der Waals surface area contributed by atoms with Crippen molar-refractivity contribution < 1.29 is 29.3 Å². The third kappa shape index (κ3) is 15.4. The minimum atomic E-state index is -0.988. The topological polar surface area (TPSA) is 127 Å². The molecule has 0 fully saturated rings. The number of unbranched alkanes of at least 4 members (excludes halogenated alkanes) is 1. The van der Waals surface area contributed by atoms with Crippen molar-refractivity contribution in [1.82, 2.24) is 25.3 Å². The van der Waals surface area contributed by atoms with Crippen molar-refractivity contribution in [2.75, 3.05) is 47.2 Å². The van der Waals surface area contributed by atoms with Crippen molar-refractivity contribution in [2.45, 2.75) is 137 Å². The van der Waals surface area contributed by atoms with E-state index in [0.717, 1.165) is 19.3 Å². The van der Waals surface area contributed by atoms with Crippen LogP contribution in [-0.4, -0.2) is 133 Å². The third-order valence-electron chi connectivity index (χ3n) is 10.7. The summed E-state index contributed by atoms with van der Waals surface area (Å²) in [6.45, 7) is 31.0. The predicted molar refractivity (Wildman–Crippen MR) is 227 cm³/mol. The Morgan fingerprint density at radius 2 is 1.54 bits per heavy atom. The zero-order valence-corrected chi connectivity index (χ0v) is 36.9. The molecule has 10 atom stereocenters. The minimum absolute atomic E-state index is 0.0123. The Hall–Kier alpha value is -2.19. The third-order valence-corrected chi connectivity index (χ3v) is 10.9. The van der Waals surface area contributed by atoms with Gasteiger partial charge in [-0.1, -0.05) is 106 Å². The molecular weight excluding hydrogens is 703 g/mol. The van der Waals surface area contributed by atoms with E-state index in [1.807, 2.05) is 58.4 Å². The average Bonchev–Trinajstić information content (AvgIpc) is 3.12. The van der Waals surface area contributed by atoms with Gasteiger partial charge in [0.05, 0.1) is 30.3 Å². The maximum Gasteiger partial charge on any atom is 0.245 e. The number of amides is 2. The van der Waals surface area contributed by atoms with E-state index in [1.54, 1.807) is 44.4 Å². The summed E-state index contributed by atoms with van der Waals surface area (Å²) in [6, 6.07) is -1.95. The molecule has 0 bridgehead atoms. The summed E-state index contributed by atoms with van der Waals surface area (Å²) in [6.07, 6.45) is 4.69. The first kappa shape index (κ1) is 51.8. The normalized spacial score (nSPS) is 18.0. The molecule has 314 valence electrons. The number of thiol groups is 1. The Bertz CT molecular complexity index is 1170. The second-order valence-corrected chi connectivity index (χ2v) is 15.9. The molecule has 0 aromatic rings. The van der Waals surface area contributed by atoms with Crippen LogP contribution in [0.15, 0.2) is 49.2 Å². The number of carbonyl (C=O) groups excluding carboxylic acids is 2. The number of aliphatic hydroxyl groups excluding tert-OH is 2. The monoisotopic (exact) mass is 782 g/mol. The van der Waals surface area contributed by atoms with Crippen molar-refractivity contribution >= 4 is 24.4 Å². The molecule has 0 saturated heterocycles. The highest BCUT2D eigenvalue weighted by Crippen LogP contribution is 2.28. The molecular formula is C42H79N5O6S. The van der Waals surface area contributed by atoms with Crippen molar-refractivity contribution in [3.8, 4) is 0 Å². The molecule has 0 rings (SSSR count). The van der Waals surface area contributed by atoms with E-state index >= 15 is 0 Å². The van der Waals surface area contributed by atoms with Gasteiger partial charge in [-0.3, -0.25) is 19.4 Å². The summed E-state index contributed by atoms with van der Waals surface area (Å²) in [7, 11) is 6.91. The van der Waals surface area contributed by atoms with Crippen LogP contribution < -0.4 is 10.6 Å². The van der Waals surface area contributed by atoms with Crippen LogP contribution in [0.5, 0.6) is 0 Å². The molecule has 0 spiro atoms. The van der Waals surface area contributed by atoms with Gasteiger partial charge >= 0.3 is 0 Å². The number of ether oxygens (including phenoxy) is 2. The fourth-order valence-corrected chi connectivity index (χ4v) is 7.50. The Labute approximate surface area is 335 Å². The molecule has 9 unspecified atom stereocenters. The predicted octanol–water partition coefficient (Wildman–Crippen LogP) is 5.47. The lowest BCUT2D eigenvalue weighted by molar-refractivity contribution is -0.158. The number of carbonyl (C=O) groups is 2. The zero-order chi connectivity index (χ0) is 41.9. The highest BCUT2D eigenvalue weighted by atomic mass is 32.1. The molecule has 0 saturated carbocycles. The lowest BCUT2D eigenvalue weighted by Crippen LogP contribution is -2.60. The molecule has 12 heteroatoms. The van der Waals surface area contributed by atoms with Crippen LogP contribution >= 0.6 is 12.6 Å². The number of hydrogen-bond acceptors (Lipinski definition) is 10. The summed E-state index contributed by atoms with van der Waals surface area (Å²) in [5.74, 6) is -0.192. The molecule has 4 N–H and O–H groups in total. The fourth-order valence-electron chi connectivity index (χ4n) is 7.18. The number of nitrogens with one attached hydrogen (secondary N) is 2. The van der Waals surface area contributed by atoms with Gasteiger partial charge in [-0.05, 0) is 43.7 Å². The van der Waals surface area contributed by atoms with E-state index in [2.05, 4.69) is 63.8 Å². The number of hydrogen-bond donors (Lipinski definition) is 5. The van der Waals surface area contributed by atoms with Gasteiger partial charge in [0.15, 0.2) is 0 Å². The van der Waals surface area contributed by atoms with Gasteiger partial charge in [0, 0.05) is 58.1 Å². The van der Waals surface area contributed by atoms with Crippen molar-refractivity contribution in [3.05, 3.63) is 49.2 Å². The van der Waals surface area contributed by atoms with Gasteiger partial charge in [0.1, 0.15) is 18.5 Å². The maximum atomic E-state index is 14.4. The Balaban J connectivity index is 6.50. The van der Waals surface area contributed by atoms with E-state index in [1.165, 1.54) is 0 Å². The van der Waals surface area contributed by atoms with Crippen LogP contribution in [0.4, 0.5) is 0 Å². The number of likely N-dealkylation sites (N-methyl/N-ethyl adjacent to an activating group) is 2. The number of nitrogens with zero attached hydrogens (tertiary/aromatic N) is 3. The molecule has 0 heterocycles. The molecule has 54 heavy (non-hydrogen) atoms. The summed E-state index contributed by atoms with van der Waals surface area (Å²) in [5.41, 5.74) is 1.28. The SMILES string of the molecule is C=C/C=C(\C=C)C(O)C(C)NC(=C)C(C)C(OC)N(CCCC)C(O)CC(OC)C(C(C)CC)N(C)C(=O)[C@@H](NC(=O)C(C(C)C)N(C)CCS)C(C)C. The molecule has 0 aliphatic carbocycles. The Morgan fingerprint density at radius 1 is 0.926 bits per heavy atom. The zero-order valence-electron chi connectivity index (χ0n) is 36.0. The van der Waals surface area contributed by atoms with Gasteiger partial charge in [0.25, 0.3) is 0 Å². The van der Waals surface area contributed by atoms with Crippen LogP contribution in [0.3, 0.4) is 0 Å². The second-order valence-electron chi connectivity index (χ2n) is 15.5. The first-order valence-corrected chi connectivity index (χ1v) is 20.4. The molecule has 0 aliphatic rings. The van der Waals surface area contributed by atoms with Crippen molar-refractivity contribution in [2.24, 2.45) is 23.7 Å². The molecule has 0 radical (unpaired) electrons. The average molecular weight is 782 g/mol. The number of aliphatic hydroxyl groups is 2. The molecule has 0 aliphatic heterocycles. The van der Waals surface area contributed by atoms with E-state index in [0.29, 0.717) is 30.1 Å². The van der Waals surface area contributed by atoms with E-state index < -0.39 is 42.8 Å². The lowest BCUT2D eigenvalue weighted by Gasteiger charge is -2.43. The maximum absolute atomic E-state index is 14.4. The van der Waals surface area contributed by atoms with E-state index in [-0.39, 0.29) is 47.9 Å². The number of allylic oxidation sites excluding steroid dienone is 2. The van der Waals surface area contributed by atoms with Crippen LogP contribution in [0.1, 0.15) is 88.0 Å². The summed E-state index contributed by atoms with van der Waals surface area (Å²) >= 11 is 4.36. The number of rotatable bonds is 29. The Morgan fingerprint density at radius 3 is 1.98 bits per heavy atom. The van der Waals surface area contributed by atoms with Gasteiger partial charge in [-0.15, -0.1) is 0 Å². The first-order valence-electron chi connectivity index (χ1n) is 19.8. The summed E-state index contributed by atoms with van der Waals surface area (Å²) in [5, 5.41) is 29.4. The molecule has 2 amide bonds. The van der Waals surface area contributed by atoms with Crippen LogP contribution in [0, 0.1) is 23.7 Å². The standard InChI is InChI=1S/C42H79N5O6S/c1-17-21-23-47(42(53-16)30(10)31(11)43-32(12)39(49)33(20-4)22-18-2)35(48)26-34(52-15)38(29(9)19-3)46(14)41(51)36(27(5)6)44-40(50)37(28(7)8)45(13)24-25-54/h18,20,22,27-30,32,34-39,42-43,48-49,54H,2,4,11,17,19,21,23-26H2,1,3,5-10,12-16H3,(H,44,50)/b33-22+/t29?,30?,32?,34?,35?,36-,37?,38?,39?,42?/m0/s1. The van der Waals surface area contributed by atoms with E-state index in [9.17, 15) is 19.8 Å². The molecule has 11 nitrogen and oxygen atoms in total. The van der Waals surface area contributed by atoms with Gasteiger partial charge < -0.3 is 35.2 Å². The summed E-state index contributed by atoms with van der Waals surface area (Å²) in [4.78, 5) is 33.7. The highest BCUT2D eigenvalue weighted by molar-refractivity contribution is 7.80. The minimum Gasteiger partial charge on any atom is -0.386 e. The number of methoxy groups -OCH3 is 2. The van der Waals surface area contributed by atoms with Crippen molar-refractivity contribution in [3.63, 3.8) is 0 Å². The molecule has 0 aromatic heterocycles. The van der Waals surface area contributed by atoms with E-state index in [4.69, 9.17) is 9.47 Å². The van der Waals surface area contributed by atoms with Crippen LogP contribution in [-0.2, 0) is 19.1 Å². The first-order chi connectivity index (χ1) is 25.3. The van der Waals surface area contributed by atoms with Crippen molar-refractivity contribution in [1.29, 1.82) is 0 Å².